The molecule has 0 amide bonds. The molecule has 3 N–H and O–H groups in total. The maximum atomic E-state index is 9.42. The lowest BCUT2D eigenvalue weighted by atomic mass is 9.97. The Morgan fingerprint density at radius 3 is 2.80 bits per heavy atom. The van der Waals surface area contributed by atoms with Crippen LogP contribution in [0.4, 0.5) is 0 Å². The smallest absolute Gasteiger partial charge is 0.0739 e. The zero-order valence-corrected chi connectivity index (χ0v) is 6.29. The summed E-state index contributed by atoms with van der Waals surface area (Å²) in [4.78, 5) is 0. The van der Waals surface area contributed by atoms with Gasteiger partial charge in [0.15, 0.2) is 0 Å². The molecule has 0 aromatic carbocycles. The van der Waals surface area contributed by atoms with Gasteiger partial charge >= 0.3 is 0 Å². The van der Waals surface area contributed by atoms with E-state index >= 15 is 0 Å². The minimum atomic E-state index is -0.387. The molecule has 0 radical (unpaired) electrons. The van der Waals surface area contributed by atoms with Gasteiger partial charge in [0.1, 0.15) is 0 Å². The summed E-state index contributed by atoms with van der Waals surface area (Å²) in [6, 6.07) is -0.133. The van der Waals surface area contributed by atoms with Gasteiger partial charge < -0.3 is 15.6 Å². The van der Waals surface area contributed by atoms with Gasteiger partial charge in [-0.05, 0) is 13.3 Å². The fourth-order valence-electron chi connectivity index (χ4n) is 1.25. The monoisotopic (exact) mass is 145 g/mol. The fourth-order valence-corrected chi connectivity index (χ4v) is 1.25. The first-order valence-electron chi connectivity index (χ1n) is 3.73. The van der Waals surface area contributed by atoms with Crippen LogP contribution in [0.15, 0.2) is 0 Å². The first-order chi connectivity index (χ1) is 4.72. The van der Waals surface area contributed by atoms with Crippen LogP contribution in [0.3, 0.4) is 0 Å². The predicted octanol–water partition coefficient (Wildman–Crippen LogP) is -0.269. The van der Waals surface area contributed by atoms with Gasteiger partial charge in [0.25, 0.3) is 0 Å². The van der Waals surface area contributed by atoms with E-state index in [1.165, 1.54) is 0 Å². The largest absolute Gasteiger partial charge is 0.391 e. The molecular formula is C7H15NO2. The Balaban J connectivity index is 2.32. The first-order valence-corrected chi connectivity index (χ1v) is 3.73. The molecule has 1 heterocycles. The van der Waals surface area contributed by atoms with Gasteiger partial charge in [0.2, 0.25) is 0 Å². The van der Waals surface area contributed by atoms with Gasteiger partial charge in [-0.2, -0.15) is 0 Å². The number of hydrogen-bond donors (Lipinski definition) is 2. The molecular weight excluding hydrogens is 130 g/mol. The van der Waals surface area contributed by atoms with Gasteiger partial charge in [-0.25, -0.2) is 0 Å². The summed E-state index contributed by atoms with van der Waals surface area (Å²) in [6.07, 6.45) is 0.561. The van der Waals surface area contributed by atoms with E-state index < -0.39 is 0 Å². The van der Waals surface area contributed by atoms with Crippen LogP contribution >= 0.6 is 0 Å². The van der Waals surface area contributed by atoms with Gasteiger partial charge in [-0.1, -0.05) is 0 Å². The van der Waals surface area contributed by atoms with Crippen molar-refractivity contribution in [2.75, 3.05) is 13.2 Å². The van der Waals surface area contributed by atoms with Crippen LogP contribution in [0.2, 0.25) is 0 Å². The van der Waals surface area contributed by atoms with Crippen molar-refractivity contribution in [1.82, 2.24) is 0 Å². The lowest BCUT2D eigenvalue weighted by Crippen LogP contribution is -2.37. The highest BCUT2D eigenvalue weighted by Crippen LogP contribution is 2.17. The van der Waals surface area contributed by atoms with Crippen molar-refractivity contribution < 1.29 is 9.84 Å². The Kier molecular flexibility index (Phi) is 2.65. The molecule has 60 valence electrons. The third-order valence-corrected chi connectivity index (χ3v) is 1.99. The second kappa shape index (κ2) is 3.32. The normalized spacial score (nSPS) is 32.1. The molecule has 1 aliphatic heterocycles. The third kappa shape index (κ3) is 1.68. The average molecular weight is 145 g/mol. The SMILES string of the molecule is CC(N)C(O)C1CCOC1. The zero-order chi connectivity index (χ0) is 7.56. The standard InChI is InChI=1S/C7H15NO2/c1-5(8)7(9)6-2-3-10-4-6/h5-7,9H,2-4,8H2,1H3. The van der Waals surface area contributed by atoms with E-state index in [0.717, 1.165) is 13.0 Å². The molecule has 0 aromatic rings. The first kappa shape index (κ1) is 7.98. The molecule has 3 nitrogen and oxygen atoms in total. The Morgan fingerprint density at radius 2 is 2.40 bits per heavy atom. The number of rotatable bonds is 2. The van der Waals surface area contributed by atoms with Gasteiger partial charge in [-0.3, -0.25) is 0 Å². The highest BCUT2D eigenvalue weighted by Gasteiger charge is 2.26. The lowest BCUT2D eigenvalue weighted by Gasteiger charge is -2.19. The average Bonchev–Trinajstić information content (AvgIpc) is 2.36. The predicted molar refractivity (Wildman–Crippen MR) is 38.6 cm³/mol. The van der Waals surface area contributed by atoms with E-state index in [2.05, 4.69) is 0 Å². The molecule has 3 heteroatoms. The number of aliphatic hydroxyl groups excluding tert-OH is 1. The molecule has 0 aliphatic carbocycles. The second-order valence-electron chi connectivity index (χ2n) is 2.97. The van der Waals surface area contributed by atoms with Crippen molar-refractivity contribution in [3.8, 4) is 0 Å². The fraction of sp³-hybridized carbons (Fsp3) is 1.00. The molecule has 0 bridgehead atoms. The molecule has 10 heavy (non-hydrogen) atoms. The molecule has 1 saturated heterocycles. The highest BCUT2D eigenvalue weighted by molar-refractivity contribution is 4.78. The number of hydrogen-bond acceptors (Lipinski definition) is 3. The molecule has 0 saturated carbocycles. The highest BCUT2D eigenvalue weighted by atomic mass is 16.5. The summed E-state index contributed by atoms with van der Waals surface area (Å²) in [7, 11) is 0. The summed E-state index contributed by atoms with van der Waals surface area (Å²) >= 11 is 0. The van der Waals surface area contributed by atoms with E-state index in [9.17, 15) is 5.11 Å². The summed E-state index contributed by atoms with van der Waals surface area (Å²) in [5.74, 6) is 0.264. The van der Waals surface area contributed by atoms with E-state index in [0.29, 0.717) is 6.61 Å². The van der Waals surface area contributed by atoms with Gasteiger partial charge in [0.05, 0.1) is 12.7 Å². The quantitative estimate of drug-likeness (QED) is 0.562. The molecule has 1 aliphatic rings. The van der Waals surface area contributed by atoms with Gasteiger partial charge in [-0.15, -0.1) is 0 Å². The minimum Gasteiger partial charge on any atom is -0.391 e. The summed E-state index contributed by atoms with van der Waals surface area (Å²) in [5.41, 5.74) is 5.51. The molecule has 0 spiro atoms. The van der Waals surface area contributed by atoms with Crippen molar-refractivity contribution in [3.05, 3.63) is 0 Å². The van der Waals surface area contributed by atoms with Crippen LogP contribution < -0.4 is 5.73 Å². The molecule has 1 rings (SSSR count). The van der Waals surface area contributed by atoms with Gasteiger partial charge in [0, 0.05) is 18.6 Å². The summed E-state index contributed by atoms with van der Waals surface area (Å²) in [6.45, 7) is 3.26. The molecule has 3 unspecified atom stereocenters. The van der Waals surface area contributed by atoms with Crippen molar-refractivity contribution >= 4 is 0 Å². The zero-order valence-electron chi connectivity index (χ0n) is 6.29. The van der Waals surface area contributed by atoms with E-state index in [1.54, 1.807) is 0 Å². The van der Waals surface area contributed by atoms with Crippen LogP contribution in [0.5, 0.6) is 0 Å². The Labute approximate surface area is 61.2 Å². The maximum Gasteiger partial charge on any atom is 0.0739 e. The molecule has 3 atom stereocenters. The second-order valence-corrected chi connectivity index (χ2v) is 2.97. The Bertz CT molecular complexity index is 99.8. The Hall–Kier alpha value is -0.120. The van der Waals surface area contributed by atoms with Crippen LogP contribution in [-0.2, 0) is 4.74 Å². The molecule has 0 aromatic heterocycles. The van der Waals surface area contributed by atoms with Crippen molar-refractivity contribution in [2.24, 2.45) is 11.7 Å². The van der Waals surface area contributed by atoms with E-state index in [-0.39, 0.29) is 18.1 Å². The maximum absolute atomic E-state index is 9.42. The number of nitrogens with two attached hydrogens (primary N) is 1. The van der Waals surface area contributed by atoms with Crippen molar-refractivity contribution in [3.63, 3.8) is 0 Å². The number of aliphatic hydroxyl groups is 1. The molecule has 1 fully saturated rings. The topological polar surface area (TPSA) is 55.5 Å². The minimum absolute atomic E-state index is 0.133. The van der Waals surface area contributed by atoms with Crippen LogP contribution in [-0.4, -0.2) is 30.5 Å². The van der Waals surface area contributed by atoms with Crippen LogP contribution in [0, 0.1) is 5.92 Å². The lowest BCUT2D eigenvalue weighted by molar-refractivity contribution is 0.0753. The van der Waals surface area contributed by atoms with Crippen LogP contribution in [0.25, 0.3) is 0 Å². The summed E-state index contributed by atoms with van der Waals surface area (Å²) < 4.78 is 5.11. The Morgan fingerprint density at radius 1 is 1.70 bits per heavy atom. The third-order valence-electron chi connectivity index (χ3n) is 1.99. The summed E-state index contributed by atoms with van der Waals surface area (Å²) in [5, 5.41) is 9.42. The van der Waals surface area contributed by atoms with E-state index in [1.807, 2.05) is 6.92 Å². The van der Waals surface area contributed by atoms with E-state index in [4.69, 9.17) is 10.5 Å². The van der Waals surface area contributed by atoms with Crippen molar-refractivity contribution in [1.29, 1.82) is 0 Å². The number of ether oxygens (including phenoxy) is 1. The van der Waals surface area contributed by atoms with Crippen LogP contribution in [0.1, 0.15) is 13.3 Å². The van der Waals surface area contributed by atoms with Crippen molar-refractivity contribution in [2.45, 2.75) is 25.5 Å².